The lowest BCUT2D eigenvalue weighted by Crippen LogP contribution is -2.30. The molecule has 1 aromatic carbocycles. The Morgan fingerprint density at radius 3 is 2.54 bits per heavy atom. The van der Waals surface area contributed by atoms with Crippen molar-refractivity contribution in [2.75, 3.05) is 6.61 Å². The van der Waals surface area contributed by atoms with E-state index in [1.807, 2.05) is 47.2 Å². The number of nitrogens with zero attached hydrogens (tertiary/aromatic N) is 4. The molecular formula is C25H30N6O3Si. The van der Waals surface area contributed by atoms with E-state index in [4.69, 9.17) is 15.6 Å². The van der Waals surface area contributed by atoms with Gasteiger partial charge >= 0.3 is 0 Å². The van der Waals surface area contributed by atoms with E-state index in [0.717, 1.165) is 11.6 Å². The van der Waals surface area contributed by atoms with Crippen LogP contribution >= 0.6 is 0 Å². The molecule has 0 saturated carbocycles. The summed E-state index contributed by atoms with van der Waals surface area (Å²) < 4.78 is 9.32. The van der Waals surface area contributed by atoms with Crippen LogP contribution in [0, 0.1) is 0 Å². The molecule has 0 atom stereocenters. The predicted octanol–water partition coefficient (Wildman–Crippen LogP) is 3.22. The number of ether oxygens (including phenoxy) is 1. The van der Waals surface area contributed by atoms with Crippen LogP contribution in [0.25, 0.3) is 22.4 Å². The van der Waals surface area contributed by atoms with Crippen molar-refractivity contribution in [3.05, 3.63) is 82.5 Å². The number of nitrogens with two attached hydrogens (primary N) is 1. The van der Waals surface area contributed by atoms with Gasteiger partial charge in [0.25, 0.3) is 11.5 Å². The van der Waals surface area contributed by atoms with Crippen LogP contribution in [-0.2, 0) is 18.0 Å². The number of nitrogen functional groups attached to an aromatic ring is 1. The van der Waals surface area contributed by atoms with Gasteiger partial charge in [-0.1, -0.05) is 50.0 Å². The lowest BCUT2D eigenvalue weighted by atomic mass is 10.2. The van der Waals surface area contributed by atoms with Crippen molar-refractivity contribution in [1.29, 1.82) is 0 Å². The maximum absolute atomic E-state index is 13.8. The van der Waals surface area contributed by atoms with Gasteiger partial charge in [-0.15, -0.1) is 0 Å². The molecule has 0 saturated heterocycles. The maximum atomic E-state index is 13.8. The van der Waals surface area contributed by atoms with E-state index in [9.17, 15) is 9.59 Å². The highest BCUT2D eigenvalue weighted by Gasteiger charge is 2.18. The fourth-order valence-corrected chi connectivity index (χ4v) is 4.44. The van der Waals surface area contributed by atoms with Crippen LogP contribution in [0.15, 0.2) is 65.7 Å². The van der Waals surface area contributed by atoms with Gasteiger partial charge in [-0.25, -0.2) is 10.8 Å². The molecule has 10 heteroatoms. The van der Waals surface area contributed by atoms with Crippen molar-refractivity contribution >= 4 is 25.0 Å². The second-order valence-electron chi connectivity index (χ2n) is 9.57. The summed E-state index contributed by atoms with van der Waals surface area (Å²) in [5, 5.41) is 0. The molecule has 0 aliphatic heterocycles. The largest absolute Gasteiger partial charge is 0.361 e. The predicted molar refractivity (Wildman–Crippen MR) is 139 cm³/mol. The zero-order valence-electron chi connectivity index (χ0n) is 20.2. The number of aromatic nitrogens is 4. The molecule has 0 radical (unpaired) electrons. The number of carbonyl (C=O) groups is 1. The van der Waals surface area contributed by atoms with Crippen LogP contribution in [0.2, 0.25) is 25.7 Å². The van der Waals surface area contributed by atoms with Gasteiger partial charge in [-0.05, 0) is 24.2 Å². The van der Waals surface area contributed by atoms with Crippen LogP contribution in [0.5, 0.6) is 0 Å². The normalized spacial score (nSPS) is 11.7. The smallest absolute Gasteiger partial charge is 0.278 e. The van der Waals surface area contributed by atoms with Crippen LogP contribution in [0.4, 0.5) is 0 Å². The van der Waals surface area contributed by atoms with E-state index in [1.54, 1.807) is 16.7 Å². The molecule has 0 unspecified atom stereocenters. The van der Waals surface area contributed by atoms with Gasteiger partial charge in [0.2, 0.25) is 0 Å². The summed E-state index contributed by atoms with van der Waals surface area (Å²) in [5.74, 6) is 5.32. The maximum Gasteiger partial charge on any atom is 0.278 e. The fraction of sp³-hybridized carbons (Fsp3) is 0.280. The average molecular weight is 491 g/mol. The molecule has 0 fully saturated rings. The molecular weight excluding hydrogens is 460 g/mol. The molecule has 0 aliphatic rings. The number of hydrazine groups is 1. The molecule has 0 spiro atoms. The van der Waals surface area contributed by atoms with Gasteiger partial charge in [-0.3, -0.25) is 24.6 Å². The van der Waals surface area contributed by atoms with Gasteiger partial charge < -0.3 is 9.30 Å². The lowest BCUT2D eigenvalue weighted by Gasteiger charge is -2.16. The molecule has 3 aromatic heterocycles. The molecule has 182 valence electrons. The SMILES string of the molecule is C[Si](C)(C)CCOCn1ccc2nc(-c3ccccc3)n(Cc3ccc(C(=O)NN)cn3)c(=O)c21. The van der Waals surface area contributed by atoms with Gasteiger partial charge in [0.1, 0.15) is 18.1 Å². The summed E-state index contributed by atoms with van der Waals surface area (Å²) >= 11 is 0. The van der Waals surface area contributed by atoms with Crippen molar-refractivity contribution in [2.45, 2.75) is 39.0 Å². The Kier molecular flexibility index (Phi) is 7.25. The molecule has 35 heavy (non-hydrogen) atoms. The Labute approximate surface area is 204 Å². The number of hydrogen-bond donors (Lipinski definition) is 2. The number of carbonyl (C=O) groups excluding carboxylic acids is 1. The highest BCUT2D eigenvalue weighted by atomic mass is 28.3. The third kappa shape index (κ3) is 5.73. The Balaban J connectivity index is 1.72. The molecule has 3 heterocycles. The number of pyridine rings is 1. The highest BCUT2D eigenvalue weighted by molar-refractivity contribution is 6.76. The third-order valence-electron chi connectivity index (χ3n) is 5.67. The summed E-state index contributed by atoms with van der Waals surface area (Å²) in [6, 6.07) is 15.8. The van der Waals surface area contributed by atoms with E-state index >= 15 is 0 Å². The third-order valence-corrected chi connectivity index (χ3v) is 7.37. The van der Waals surface area contributed by atoms with Crippen molar-refractivity contribution in [2.24, 2.45) is 5.84 Å². The number of hydrogen-bond acceptors (Lipinski definition) is 6. The number of benzene rings is 1. The molecule has 4 rings (SSSR count). The monoisotopic (exact) mass is 490 g/mol. The number of fused-ring (bicyclic) bond motifs is 1. The van der Waals surface area contributed by atoms with Crippen LogP contribution in [0.3, 0.4) is 0 Å². The van der Waals surface area contributed by atoms with Gasteiger partial charge in [0, 0.05) is 32.6 Å². The first-order chi connectivity index (χ1) is 16.8. The fourth-order valence-electron chi connectivity index (χ4n) is 3.68. The van der Waals surface area contributed by atoms with Gasteiger partial charge in [0.05, 0.1) is 23.3 Å². The van der Waals surface area contributed by atoms with Crippen LogP contribution in [0.1, 0.15) is 16.1 Å². The molecule has 1 amide bonds. The molecule has 3 N–H and O–H groups in total. The second-order valence-corrected chi connectivity index (χ2v) is 15.2. The van der Waals surface area contributed by atoms with E-state index in [-0.39, 0.29) is 18.8 Å². The Hall–Kier alpha value is -3.60. The zero-order valence-corrected chi connectivity index (χ0v) is 21.2. The zero-order chi connectivity index (χ0) is 25.0. The standard InChI is InChI=1S/C25H30N6O3Si/c1-35(2,3)14-13-34-17-30-12-11-21-22(30)25(33)31(23(28-21)18-7-5-4-6-8-18)16-20-10-9-19(15-27-20)24(32)29-26/h4-12,15H,13-14,16-17,26H2,1-3H3,(H,29,32). The van der Waals surface area contributed by atoms with Crippen LogP contribution < -0.4 is 16.8 Å². The number of amides is 1. The first-order valence-corrected chi connectivity index (χ1v) is 15.2. The van der Waals surface area contributed by atoms with Gasteiger partial charge in [0.15, 0.2) is 0 Å². The molecule has 0 aliphatic carbocycles. The summed E-state index contributed by atoms with van der Waals surface area (Å²) in [6.45, 7) is 8.05. The topological polar surface area (TPSA) is 117 Å². The highest BCUT2D eigenvalue weighted by Crippen LogP contribution is 2.20. The molecule has 0 bridgehead atoms. The minimum Gasteiger partial charge on any atom is -0.361 e. The Bertz CT molecular complexity index is 1370. The second kappa shape index (κ2) is 10.3. The van der Waals surface area contributed by atoms with Gasteiger partial charge in [-0.2, -0.15) is 0 Å². The summed E-state index contributed by atoms with van der Waals surface area (Å²) in [6.07, 6.45) is 3.27. The summed E-state index contributed by atoms with van der Waals surface area (Å²) in [7, 11) is -1.21. The number of nitrogens with one attached hydrogen (secondary N) is 1. The van der Waals surface area contributed by atoms with Crippen LogP contribution in [-0.4, -0.2) is 39.7 Å². The van der Waals surface area contributed by atoms with E-state index in [2.05, 4.69) is 30.1 Å². The molecule has 9 nitrogen and oxygen atoms in total. The Morgan fingerprint density at radius 1 is 1.11 bits per heavy atom. The van der Waals surface area contributed by atoms with Crippen molar-refractivity contribution < 1.29 is 9.53 Å². The first-order valence-electron chi connectivity index (χ1n) is 11.5. The minimum absolute atomic E-state index is 0.182. The van der Waals surface area contributed by atoms with Crippen molar-refractivity contribution in [3.8, 4) is 11.4 Å². The van der Waals surface area contributed by atoms with E-state index in [0.29, 0.717) is 34.7 Å². The lowest BCUT2D eigenvalue weighted by molar-refractivity contribution is 0.0900. The van der Waals surface area contributed by atoms with E-state index < -0.39 is 14.0 Å². The minimum atomic E-state index is -1.21. The first kappa shape index (κ1) is 24.5. The Morgan fingerprint density at radius 2 is 1.89 bits per heavy atom. The summed E-state index contributed by atoms with van der Waals surface area (Å²) in [5.41, 5.74) is 4.78. The van der Waals surface area contributed by atoms with Crippen molar-refractivity contribution in [3.63, 3.8) is 0 Å². The van der Waals surface area contributed by atoms with E-state index in [1.165, 1.54) is 6.20 Å². The molecule has 4 aromatic rings. The summed E-state index contributed by atoms with van der Waals surface area (Å²) in [4.78, 5) is 34.7. The average Bonchev–Trinajstić information content (AvgIpc) is 3.26. The number of rotatable bonds is 9. The van der Waals surface area contributed by atoms with Crippen molar-refractivity contribution in [1.82, 2.24) is 24.5 Å². The quantitative estimate of drug-likeness (QED) is 0.122.